The lowest BCUT2D eigenvalue weighted by molar-refractivity contribution is -0.142. The Labute approximate surface area is 159 Å². The summed E-state index contributed by atoms with van der Waals surface area (Å²) in [5, 5.41) is 0. The van der Waals surface area contributed by atoms with Crippen LogP contribution in [0.4, 0.5) is 0 Å². The van der Waals surface area contributed by atoms with Gasteiger partial charge in [0.2, 0.25) is 0 Å². The summed E-state index contributed by atoms with van der Waals surface area (Å²) in [5.74, 6) is 2.76. The second-order valence-electron chi connectivity index (χ2n) is 6.08. The van der Waals surface area contributed by atoms with Crippen LogP contribution in [-0.4, -0.2) is 25.0 Å². The quantitative estimate of drug-likeness (QED) is 0.480. The number of ether oxygens (including phenoxy) is 1. The maximum Gasteiger partial charge on any atom is 0.331 e. The number of carbonyl (C=O) groups is 1. The van der Waals surface area contributed by atoms with Crippen molar-refractivity contribution in [1.29, 1.82) is 0 Å². The molecule has 3 rings (SSSR count). The highest BCUT2D eigenvalue weighted by Crippen LogP contribution is 2.20. The predicted molar refractivity (Wildman–Crippen MR) is 109 cm³/mol. The molecule has 0 heterocycles. The van der Waals surface area contributed by atoms with Gasteiger partial charge in [-0.1, -0.05) is 91.0 Å². The molecular formula is C24H21NO2. The summed E-state index contributed by atoms with van der Waals surface area (Å²) in [6.45, 7) is 0. The number of hydrogen-bond donors (Lipinski definition) is 0. The summed E-state index contributed by atoms with van der Waals surface area (Å²) in [6, 6.07) is 29.0. The minimum atomic E-state index is -0.639. The molecule has 0 radical (unpaired) electrons. The van der Waals surface area contributed by atoms with Gasteiger partial charge in [0.1, 0.15) is 0 Å². The molecular weight excluding hydrogens is 334 g/mol. The minimum absolute atomic E-state index is 0.369. The Morgan fingerprint density at radius 3 is 1.81 bits per heavy atom. The molecule has 3 heteroatoms. The Kier molecular flexibility index (Phi) is 6.35. The van der Waals surface area contributed by atoms with Crippen LogP contribution in [0.3, 0.4) is 0 Å². The molecule has 1 atom stereocenters. The van der Waals surface area contributed by atoms with Gasteiger partial charge in [-0.25, -0.2) is 9.79 Å². The first-order valence-corrected chi connectivity index (χ1v) is 8.83. The molecule has 27 heavy (non-hydrogen) atoms. The molecule has 3 aromatic rings. The van der Waals surface area contributed by atoms with Gasteiger partial charge in [-0.3, -0.25) is 0 Å². The van der Waals surface area contributed by atoms with Gasteiger partial charge >= 0.3 is 5.97 Å². The normalized spacial score (nSPS) is 11.1. The van der Waals surface area contributed by atoms with Crippen molar-refractivity contribution >= 4 is 17.4 Å². The molecule has 0 saturated carbocycles. The van der Waals surface area contributed by atoms with Gasteiger partial charge in [-0.2, -0.15) is 0 Å². The monoisotopic (exact) mass is 355 g/mol. The highest BCUT2D eigenvalue weighted by atomic mass is 16.5. The Bertz CT molecular complexity index is 886. The van der Waals surface area contributed by atoms with Gasteiger partial charge in [0.25, 0.3) is 0 Å². The molecule has 0 saturated heterocycles. The third-order valence-corrected chi connectivity index (χ3v) is 4.20. The number of aliphatic imine (C=N–C) groups is 1. The Morgan fingerprint density at radius 2 is 1.33 bits per heavy atom. The van der Waals surface area contributed by atoms with Gasteiger partial charge in [-0.05, 0) is 22.6 Å². The van der Waals surface area contributed by atoms with Crippen molar-refractivity contribution in [2.75, 3.05) is 7.11 Å². The number of methoxy groups -OCH3 is 1. The van der Waals surface area contributed by atoms with E-state index in [1.165, 1.54) is 7.11 Å². The number of esters is 1. The molecule has 0 bridgehead atoms. The maximum atomic E-state index is 12.2. The summed E-state index contributed by atoms with van der Waals surface area (Å²) in [4.78, 5) is 16.7. The Morgan fingerprint density at radius 1 is 0.852 bits per heavy atom. The first-order valence-electron chi connectivity index (χ1n) is 8.83. The van der Waals surface area contributed by atoms with Crippen molar-refractivity contribution in [2.45, 2.75) is 12.5 Å². The van der Waals surface area contributed by atoms with Crippen LogP contribution in [0, 0.1) is 0 Å². The standard InChI is InChI=1S/C24H21NO2/c1-27-24(26)23(17-19-11-5-2-6-12-19)25-18-22(20-13-7-3-8-14-20)21-15-9-4-10-16-21/h2-16,23H,17H2,1H3. The van der Waals surface area contributed by atoms with Crippen LogP contribution in [-0.2, 0) is 16.0 Å². The molecule has 0 aliphatic heterocycles. The molecule has 3 aromatic carbocycles. The number of benzene rings is 3. The van der Waals surface area contributed by atoms with Crippen molar-refractivity contribution in [3.05, 3.63) is 108 Å². The van der Waals surface area contributed by atoms with Crippen molar-refractivity contribution in [3.8, 4) is 0 Å². The number of nitrogens with zero attached hydrogens (tertiary/aromatic N) is 1. The SMILES string of the molecule is COC(=O)C(Cc1ccccc1)N=C=C(c1ccccc1)c1ccccc1. The molecule has 0 aliphatic carbocycles. The zero-order valence-electron chi connectivity index (χ0n) is 15.2. The average Bonchev–Trinajstić information content (AvgIpc) is 2.75. The van der Waals surface area contributed by atoms with Gasteiger partial charge in [0.15, 0.2) is 6.04 Å². The molecule has 0 aliphatic rings. The van der Waals surface area contributed by atoms with Crippen molar-refractivity contribution < 1.29 is 9.53 Å². The largest absolute Gasteiger partial charge is 0.467 e. The third kappa shape index (κ3) is 5.04. The second-order valence-corrected chi connectivity index (χ2v) is 6.08. The van der Waals surface area contributed by atoms with Gasteiger partial charge in [-0.15, -0.1) is 0 Å². The van der Waals surface area contributed by atoms with Crippen molar-refractivity contribution in [3.63, 3.8) is 0 Å². The maximum absolute atomic E-state index is 12.2. The summed E-state index contributed by atoms with van der Waals surface area (Å²) >= 11 is 0. The smallest absolute Gasteiger partial charge is 0.331 e. The summed E-state index contributed by atoms with van der Waals surface area (Å²) in [5.41, 5.74) is 3.86. The van der Waals surface area contributed by atoms with Crippen LogP contribution < -0.4 is 0 Å². The highest BCUT2D eigenvalue weighted by Gasteiger charge is 2.18. The highest BCUT2D eigenvalue weighted by molar-refractivity contribution is 5.99. The van der Waals surface area contributed by atoms with Gasteiger partial charge in [0, 0.05) is 6.42 Å². The van der Waals surface area contributed by atoms with E-state index < -0.39 is 6.04 Å². The molecule has 0 spiro atoms. The fraction of sp³-hybridized carbons (Fsp3) is 0.125. The molecule has 0 N–H and O–H groups in total. The fourth-order valence-electron chi connectivity index (χ4n) is 2.80. The van der Waals surface area contributed by atoms with Crippen molar-refractivity contribution in [1.82, 2.24) is 0 Å². The van der Waals surface area contributed by atoms with E-state index in [0.29, 0.717) is 6.42 Å². The molecule has 3 nitrogen and oxygen atoms in total. The first-order chi connectivity index (χ1) is 13.3. The average molecular weight is 355 g/mol. The van der Waals surface area contributed by atoms with Crippen molar-refractivity contribution in [2.24, 2.45) is 4.99 Å². The number of carbonyl (C=O) groups excluding carboxylic acids is 1. The zero-order chi connectivity index (χ0) is 18.9. The topological polar surface area (TPSA) is 38.7 Å². The van der Waals surface area contributed by atoms with Crippen LogP contribution in [0.1, 0.15) is 16.7 Å². The number of rotatable bonds is 6. The third-order valence-electron chi connectivity index (χ3n) is 4.20. The fourth-order valence-corrected chi connectivity index (χ4v) is 2.80. The Balaban J connectivity index is 2.02. The van der Waals surface area contributed by atoms with E-state index in [1.54, 1.807) is 0 Å². The van der Waals surface area contributed by atoms with Crippen LogP contribution in [0.15, 0.2) is 96.0 Å². The van der Waals surface area contributed by atoms with Crippen LogP contribution in [0.2, 0.25) is 0 Å². The zero-order valence-corrected chi connectivity index (χ0v) is 15.2. The summed E-state index contributed by atoms with van der Waals surface area (Å²) in [6.07, 6.45) is 0.470. The van der Waals surface area contributed by atoms with E-state index in [4.69, 9.17) is 4.74 Å². The lowest BCUT2D eigenvalue weighted by Gasteiger charge is -2.10. The molecule has 0 aromatic heterocycles. The van der Waals surface area contributed by atoms with E-state index in [9.17, 15) is 4.79 Å². The summed E-state index contributed by atoms with van der Waals surface area (Å²) < 4.78 is 4.95. The van der Waals surface area contributed by atoms with Crippen LogP contribution in [0.5, 0.6) is 0 Å². The molecule has 0 amide bonds. The van der Waals surface area contributed by atoms with Crippen LogP contribution >= 0.6 is 0 Å². The number of hydrogen-bond acceptors (Lipinski definition) is 3. The van der Waals surface area contributed by atoms with Crippen LogP contribution in [0.25, 0.3) is 5.57 Å². The van der Waals surface area contributed by atoms with Gasteiger partial charge in [0.05, 0.1) is 12.7 Å². The Hall–Kier alpha value is -3.42. The predicted octanol–water partition coefficient (Wildman–Crippen LogP) is 4.57. The molecule has 1 unspecified atom stereocenters. The van der Waals surface area contributed by atoms with E-state index >= 15 is 0 Å². The first kappa shape index (κ1) is 18.4. The lowest BCUT2D eigenvalue weighted by Crippen LogP contribution is -2.22. The van der Waals surface area contributed by atoms with Gasteiger partial charge < -0.3 is 4.74 Å². The van der Waals surface area contributed by atoms with E-state index in [1.807, 2.05) is 91.0 Å². The minimum Gasteiger partial charge on any atom is -0.467 e. The lowest BCUT2D eigenvalue weighted by atomic mass is 9.99. The van der Waals surface area contributed by atoms with E-state index in [0.717, 1.165) is 22.3 Å². The second kappa shape index (κ2) is 9.33. The summed E-state index contributed by atoms with van der Waals surface area (Å²) in [7, 11) is 1.38. The van der Waals surface area contributed by atoms with E-state index in [-0.39, 0.29) is 5.97 Å². The molecule has 134 valence electrons. The van der Waals surface area contributed by atoms with E-state index in [2.05, 4.69) is 10.9 Å². The molecule has 0 fully saturated rings.